The van der Waals surface area contributed by atoms with Crippen LogP contribution in [0, 0.1) is 5.92 Å². The van der Waals surface area contributed by atoms with Gasteiger partial charge in [-0.1, -0.05) is 30.9 Å². The van der Waals surface area contributed by atoms with E-state index in [2.05, 4.69) is 26.0 Å². The standard InChI is InChI=1S/C14H18BrClN2O2S/c15-10-6-14-12(7-11(10)16)17-8-13(18-21(14,19)20)9-4-2-1-3-5-9/h6-7,9,13,17-18H,1-5,8H2/t13-/m0/s1. The van der Waals surface area contributed by atoms with Crippen molar-refractivity contribution in [3.8, 4) is 0 Å². The van der Waals surface area contributed by atoms with Crippen LogP contribution in [0.4, 0.5) is 5.69 Å². The summed E-state index contributed by atoms with van der Waals surface area (Å²) in [5.74, 6) is 0.411. The predicted octanol–water partition coefficient (Wildman–Crippen LogP) is 3.76. The number of nitrogens with one attached hydrogen (secondary N) is 2. The first kappa shape index (κ1) is 15.6. The number of hydrogen-bond acceptors (Lipinski definition) is 3. The molecule has 0 aromatic heterocycles. The number of benzene rings is 1. The van der Waals surface area contributed by atoms with Gasteiger partial charge in [-0.05, 0) is 46.8 Å². The van der Waals surface area contributed by atoms with Gasteiger partial charge in [0.15, 0.2) is 0 Å². The van der Waals surface area contributed by atoms with Crippen LogP contribution >= 0.6 is 27.5 Å². The summed E-state index contributed by atoms with van der Waals surface area (Å²) in [5.41, 5.74) is 0.578. The number of halogens is 2. The molecule has 1 aromatic rings. The van der Waals surface area contributed by atoms with Gasteiger partial charge in [-0.2, -0.15) is 0 Å². The zero-order valence-electron chi connectivity index (χ0n) is 11.5. The zero-order chi connectivity index (χ0) is 15.0. The fourth-order valence-electron chi connectivity index (χ4n) is 3.21. The summed E-state index contributed by atoms with van der Waals surface area (Å²) in [6.45, 7) is 0.606. The Balaban J connectivity index is 1.93. The molecule has 21 heavy (non-hydrogen) atoms. The molecule has 7 heteroatoms. The lowest BCUT2D eigenvalue weighted by atomic mass is 9.84. The van der Waals surface area contributed by atoms with E-state index in [0.717, 1.165) is 12.8 Å². The van der Waals surface area contributed by atoms with Crippen molar-refractivity contribution in [1.29, 1.82) is 0 Å². The van der Waals surface area contributed by atoms with Gasteiger partial charge >= 0.3 is 0 Å². The van der Waals surface area contributed by atoms with Crippen molar-refractivity contribution in [3.05, 3.63) is 21.6 Å². The fourth-order valence-corrected chi connectivity index (χ4v) is 5.37. The third-order valence-corrected chi connectivity index (χ3v) is 7.08. The van der Waals surface area contributed by atoms with Crippen LogP contribution in [-0.2, 0) is 10.0 Å². The Labute approximate surface area is 138 Å². The first-order valence-corrected chi connectivity index (χ1v) is 9.88. The second kappa shape index (κ2) is 6.07. The van der Waals surface area contributed by atoms with E-state index in [1.165, 1.54) is 19.3 Å². The maximum absolute atomic E-state index is 12.6. The van der Waals surface area contributed by atoms with Crippen molar-refractivity contribution in [2.45, 2.75) is 43.0 Å². The summed E-state index contributed by atoms with van der Waals surface area (Å²) >= 11 is 9.37. The Morgan fingerprint density at radius 1 is 1.19 bits per heavy atom. The molecule has 0 unspecified atom stereocenters. The van der Waals surface area contributed by atoms with Crippen LogP contribution in [0.2, 0.25) is 5.02 Å². The SMILES string of the molecule is O=S1(=O)N[C@H](C2CCCCC2)CNc2cc(Cl)c(Br)cc21. The maximum Gasteiger partial charge on any atom is 0.242 e. The Hall–Kier alpha value is -0.300. The van der Waals surface area contributed by atoms with Crippen molar-refractivity contribution in [3.63, 3.8) is 0 Å². The molecule has 1 aliphatic heterocycles. The molecule has 0 saturated heterocycles. The molecule has 0 radical (unpaired) electrons. The van der Waals surface area contributed by atoms with Gasteiger partial charge in [0.2, 0.25) is 10.0 Å². The molecule has 1 saturated carbocycles. The highest BCUT2D eigenvalue weighted by Crippen LogP contribution is 2.35. The summed E-state index contributed by atoms with van der Waals surface area (Å²) < 4.78 is 28.7. The van der Waals surface area contributed by atoms with Crippen LogP contribution in [-0.4, -0.2) is 21.0 Å². The van der Waals surface area contributed by atoms with Crippen LogP contribution in [0.1, 0.15) is 32.1 Å². The second-order valence-corrected chi connectivity index (χ2v) is 8.71. The molecule has 2 aliphatic rings. The predicted molar refractivity (Wildman–Crippen MR) is 88.3 cm³/mol. The second-order valence-electron chi connectivity index (χ2n) is 5.77. The quantitative estimate of drug-likeness (QED) is 0.764. The minimum Gasteiger partial charge on any atom is -0.382 e. The minimum atomic E-state index is -3.52. The largest absolute Gasteiger partial charge is 0.382 e. The van der Waals surface area contributed by atoms with Gasteiger partial charge in [-0.15, -0.1) is 0 Å². The van der Waals surface area contributed by atoms with E-state index in [-0.39, 0.29) is 10.9 Å². The smallest absolute Gasteiger partial charge is 0.242 e. The topological polar surface area (TPSA) is 58.2 Å². The molecule has 1 aromatic carbocycles. The number of sulfonamides is 1. The molecule has 1 aliphatic carbocycles. The van der Waals surface area contributed by atoms with Crippen molar-refractivity contribution in [1.82, 2.24) is 4.72 Å². The molecule has 0 bridgehead atoms. The zero-order valence-corrected chi connectivity index (χ0v) is 14.7. The molecule has 116 valence electrons. The van der Waals surface area contributed by atoms with Crippen LogP contribution < -0.4 is 10.0 Å². The van der Waals surface area contributed by atoms with E-state index in [1.54, 1.807) is 12.1 Å². The Kier molecular flexibility index (Phi) is 4.50. The van der Waals surface area contributed by atoms with Gasteiger partial charge in [-0.25, -0.2) is 13.1 Å². The monoisotopic (exact) mass is 392 g/mol. The molecule has 4 nitrogen and oxygen atoms in total. The first-order chi connectivity index (χ1) is 9.97. The van der Waals surface area contributed by atoms with E-state index in [4.69, 9.17) is 11.6 Å². The van der Waals surface area contributed by atoms with Gasteiger partial charge in [0.25, 0.3) is 0 Å². The van der Waals surface area contributed by atoms with E-state index >= 15 is 0 Å². The molecule has 1 heterocycles. The van der Waals surface area contributed by atoms with Gasteiger partial charge in [0.1, 0.15) is 4.90 Å². The number of rotatable bonds is 1. The van der Waals surface area contributed by atoms with E-state index in [0.29, 0.717) is 27.6 Å². The summed E-state index contributed by atoms with van der Waals surface area (Å²) in [5, 5.41) is 3.76. The Bertz CT molecular complexity index is 645. The van der Waals surface area contributed by atoms with Crippen LogP contribution in [0.5, 0.6) is 0 Å². The number of anilines is 1. The lowest BCUT2D eigenvalue weighted by Crippen LogP contribution is -2.43. The van der Waals surface area contributed by atoms with Crippen molar-refractivity contribution in [2.24, 2.45) is 5.92 Å². The molecule has 1 atom stereocenters. The van der Waals surface area contributed by atoms with Crippen LogP contribution in [0.15, 0.2) is 21.5 Å². The maximum atomic E-state index is 12.6. The number of hydrogen-bond donors (Lipinski definition) is 2. The normalized spacial score (nSPS) is 25.7. The molecule has 2 N–H and O–H groups in total. The summed E-state index contributed by atoms with van der Waals surface area (Å²) in [4.78, 5) is 0.261. The molecule has 0 spiro atoms. The summed E-state index contributed by atoms with van der Waals surface area (Å²) in [6.07, 6.45) is 5.82. The highest BCUT2D eigenvalue weighted by Gasteiger charge is 2.32. The van der Waals surface area contributed by atoms with Crippen molar-refractivity contribution < 1.29 is 8.42 Å². The van der Waals surface area contributed by atoms with E-state index in [9.17, 15) is 8.42 Å². The van der Waals surface area contributed by atoms with Gasteiger partial charge < -0.3 is 5.32 Å². The van der Waals surface area contributed by atoms with Gasteiger partial charge in [0, 0.05) is 17.1 Å². The molecular formula is C14H18BrClN2O2S. The lowest BCUT2D eigenvalue weighted by Gasteiger charge is -2.29. The van der Waals surface area contributed by atoms with Crippen LogP contribution in [0.25, 0.3) is 0 Å². The third-order valence-electron chi connectivity index (χ3n) is 4.35. The van der Waals surface area contributed by atoms with Gasteiger partial charge in [-0.3, -0.25) is 0 Å². The van der Waals surface area contributed by atoms with E-state index in [1.807, 2.05) is 0 Å². The van der Waals surface area contributed by atoms with Crippen LogP contribution in [0.3, 0.4) is 0 Å². The fraction of sp³-hybridized carbons (Fsp3) is 0.571. The highest BCUT2D eigenvalue weighted by atomic mass is 79.9. The highest BCUT2D eigenvalue weighted by molar-refractivity contribution is 9.10. The lowest BCUT2D eigenvalue weighted by molar-refractivity contribution is 0.298. The first-order valence-electron chi connectivity index (χ1n) is 7.22. The Morgan fingerprint density at radius 2 is 1.90 bits per heavy atom. The molecule has 1 fully saturated rings. The minimum absolute atomic E-state index is 0.0553. The molecular weight excluding hydrogens is 376 g/mol. The van der Waals surface area contributed by atoms with Crippen molar-refractivity contribution >= 4 is 43.2 Å². The summed E-state index contributed by atoms with van der Waals surface area (Å²) in [7, 11) is -3.52. The molecule has 3 rings (SSSR count). The average molecular weight is 394 g/mol. The average Bonchev–Trinajstić information content (AvgIpc) is 2.58. The van der Waals surface area contributed by atoms with Gasteiger partial charge in [0.05, 0.1) is 10.7 Å². The van der Waals surface area contributed by atoms with E-state index < -0.39 is 10.0 Å². The third kappa shape index (κ3) is 3.23. The van der Waals surface area contributed by atoms with Crippen molar-refractivity contribution in [2.75, 3.05) is 11.9 Å². The number of fused-ring (bicyclic) bond motifs is 1. The Morgan fingerprint density at radius 3 is 2.62 bits per heavy atom. The summed E-state index contributed by atoms with van der Waals surface area (Å²) in [6, 6.07) is 3.18. The molecule has 0 amide bonds.